The molecule has 0 aliphatic carbocycles. The number of nitrogens with zero attached hydrogens (tertiary/aromatic N) is 1. The van der Waals surface area contributed by atoms with Gasteiger partial charge in [-0.25, -0.2) is 4.98 Å². The molecular formula is C15H18N2OS. The highest BCUT2D eigenvalue weighted by Crippen LogP contribution is 2.32. The number of rotatable bonds is 4. The predicted octanol–water partition coefficient (Wildman–Crippen LogP) is 3.09. The van der Waals surface area contributed by atoms with Gasteiger partial charge in [-0.15, -0.1) is 11.3 Å². The number of ether oxygens (including phenoxy) is 1. The molecule has 3 rings (SSSR count). The van der Waals surface area contributed by atoms with Crippen molar-refractivity contribution in [3.8, 4) is 5.75 Å². The second kappa shape index (κ2) is 5.31. The topological polar surface area (TPSA) is 34.1 Å². The first-order chi connectivity index (χ1) is 9.28. The minimum absolute atomic E-state index is 0.238. The fourth-order valence-electron chi connectivity index (χ4n) is 2.48. The lowest BCUT2D eigenvalue weighted by Gasteiger charge is -2.17. The molecule has 0 bridgehead atoms. The van der Waals surface area contributed by atoms with Gasteiger partial charge in [0.2, 0.25) is 0 Å². The third kappa shape index (κ3) is 2.51. The Balaban J connectivity index is 1.95. The van der Waals surface area contributed by atoms with Crippen LogP contribution in [0, 0.1) is 6.92 Å². The first-order valence-electron chi connectivity index (χ1n) is 6.69. The minimum atomic E-state index is 0.238. The second-order valence-corrected chi connectivity index (χ2v) is 6.00. The molecule has 1 aromatic carbocycles. The maximum Gasteiger partial charge on any atom is 0.122 e. The summed E-state index contributed by atoms with van der Waals surface area (Å²) in [6.07, 6.45) is 3.00. The van der Waals surface area contributed by atoms with Crippen molar-refractivity contribution in [2.45, 2.75) is 26.3 Å². The van der Waals surface area contributed by atoms with Crippen molar-refractivity contribution in [1.82, 2.24) is 10.3 Å². The average Bonchev–Trinajstić information content (AvgIpc) is 3.03. The third-order valence-corrected chi connectivity index (χ3v) is 4.36. The molecule has 2 heterocycles. The van der Waals surface area contributed by atoms with Crippen LogP contribution in [-0.2, 0) is 6.42 Å². The van der Waals surface area contributed by atoms with E-state index in [4.69, 9.17) is 4.74 Å². The highest BCUT2D eigenvalue weighted by molar-refractivity contribution is 7.11. The van der Waals surface area contributed by atoms with E-state index in [1.54, 1.807) is 11.3 Å². The SMILES string of the molecule is CCNC(c1ccc2c(c1)CCO2)c1cnc(C)s1. The van der Waals surface area contributed by atoms with Gasteiger partial charge in [-0.2, -0.15) is 0 Å². The van der Waals surface area contributed by atoms with E-state index in [1.165, 1.54) is 16.0 Å². The van der Waals surface area contributed by atoms with Crippen LogP contribution in [0.2, 0.25) is 0 Å². The molecule has 1 N–H and O–H groups in total. The minimum Gasteiger partial charge on any atom is -0.493 e. The molecule has 3 nitrogen and oxygen atoms in total. The Bertz CT molecular complexity index is 579. The first-order valence-corrected chi connectivity index (χ1v) is 7.51. The summed E-state index contributed by atoms with van der Waals surface area (Å²) in [6.45, 7) is 5.94. The molecule has 0 radical (unpaired) electrons. The molecule has 2 aromatic rings. The van der Waals surface area contributed by atoms with Crippen LogP contribution < -0.4 is 10.1 Å². The Morgan fingerprint density at radius 2 is 2.37 bits per heavy atom. The lowest BCUT2D eigenvalue weighted by atomic mass is 10.0. The van der Waals surface area contributed by atoms with Crippen molar-refractivity contribution in [3.63, 3.8) is 0 Å². The Labute approximate surface area is 117 Å². The van der Waals surface area contributed by atoms with E-state index in [2.05, 4.69) is 35.4 Å². The van der Waals surface area contributed by atoms with Gasteiger partial charge in [-0.1, -0.05) is 19.1 Å². The molecule has 0 spiro atoms. The number of aromatic nitrogens is 1. The van der Waals surface area contributed by atoms with Crippen LogP contribution in [0.3, 0.4) is 0 Å². The maximum absolute atomic E-state index is 5.57. The largest absolute Gasteiger partial charge is 0.493 e. The molecule has 1 atom stereocenters. The van der Waals surface area contributed by atoms with E-state index in [9.17, 15) is 0 Å². The fraction of sp³-hybridized carbons (Fsp3) is 0.400. The van der Waals surface area contributed by atoms with Crippen molar-refractivity contribution < 1.29 is 4.74 Å². The van der Waals surface area contributed by atoms with Crippen LogP contribution in [0.1, 0.15) is 34.0 Å². The number of hydrogen-bond acceptors (Lipinski definition) is 4. The highest BCUT2D eigenvalue weighted by Gasteiger charge is 2.19. The normalized spacial score (nSPS) is 15.1. The molecule has 1 unspecified atom stereocenters. The third-order valence-electron chi connectivity index (χ3n) is 3.38. The first kappa shape index (κ1) is 12.6. The fourth-order valence-corrected chi connectivity index (χ4v) is 3.37. The predicted molar refractivity (Wildman–Crippen MR) is 78.0 cm³/mol. The van der Waals surface area contributed by atoms with E-state index < -0.39 is 0 Å². The summed E-state index contributed by atoms with van der Waals surface area (Å²) in [7, 11) is 0. The van der Waals surface area contributed by atoms with Crippen molar-refractivity contribution in [1.29, 1.82) is 0 Å². The molecule has 0 saturated heterocycles. The molecule has 100 valence electrons. The number of thiazole rings is 1. The number of aryl methyl sites for hydroxylation is 1. The van der Waals surface area contributed by atoms with Crippen molar-refractivity contribution in [2.75, 3.05) is 13.2 Å². The average molecular weight is 274 g/mol. The van der Waals surface area contributed by atoms with Crippen LogP contribution in [-0.4, -0.2) is 18.1 Å². The number of nitrogens with one attached hydrogen (secondary N) is 1. The van der Waals surface area contributed by atoms with Gasteiger partial charge in [0.15, 0.2) is 0 Å². The zero-order chi connectivity index (χ0) is 13.2. The lowest BCUT2D eigenvalue weighted by Crippen LogP contribution is -2.21. The van der Waals surface area contributed by atoms with Crippen molar-refractivity contribution in [3.05, 3.63) is 45.4 Å². The van der Waals surface area contributed by atoms with E-state index in [0.29, 0.717) is 0 Å². The number of hydrogen-bond donors (Lipinski definition) is 1. The molecule has 0 fully saturated rings. The Kier molecular flexibility index (Phi) is 3.53. The number of benzene rings is 1. The van der Waals surface area contributed by atoms with Gasteiger partial charge in [0.25, 0.3) is 0 Å². The van der Waals surface area contributed by atoms with Crippen molar-refractivity contribution in [2.24, 2.45) is 0 Å². The molecule has 1 aliphatic rings. The molecular weight excluding hydrogens is 256 g/mol. The lowest BCUT2D eigenvalue weighted by molar-refractivity contribution is 0.357. The van der Waals surface area contributed by atoms with E-state index in [0.717, 1.165) is 30.3 Å². The quantitative estimate of drug-likeness (QED) is 0.930. The summed E-state index contributed by atoms with van der Waals surface area (Å²) in [5, 5.41) is 4.66. The Morgan fingerprint density at radius 1 is 1.47 bits per heavy atom. The zero-order valence-corrected chi connectivity index (χ0v) is 12.1. The summed E-state index contributed by atoms with van der Waals surface area (Å²) in [4.78, 5) is 5.65. The maximum atomic E-state index is 5.57. The molecule has 1 aromatic heterocycles. The van der Waals surface area contributed by atoms with Crippen molar-refractivity contribution >= 4 is 11.3 Å². The highest BCUT2D eigenvalue weighted by atomic mass is 32.1. The van der Waals surface area contributed by atoms with Gasteiger partial charge in [0, 0.05) is 17.5 Å². The van der Waals surface area contributed by atoms with Crippen LogP contribution >= 0.6 is 11.3 Å². The summed E-state index contributed by atoms with van der Waals surface area (Å²) in [5.74, 6) is 1.04. The summed E-state index contributed by atoms with van der Waals surface area (Å²) in [6, 6.07) is 6.76. The monoisotopic (exact) mass is 274 g/mol. The molecule has 0 saturated carbocycles. The molecule has 19 heavy (non-hydrogen) atoms. The van der Waals surface area contributed by atoms with E-state index in [-0.39, 0.29) is 6.04 Å². The summed E-state index contributed by atoms with van der Waals surface area (Å²) < 4.78 is 5.57. The smallest absolute Gasteiger partial charge is 0.122 e. The summed E-state index contributed by atoms with van der Waals surface area (Å²) >= 11 is 1.76. The van der Waals surface area contributed by atoms with Gasteiger partial charge in [-0.05, 0) is 30.7 Å². The van der Waals surface area contributed by atoms with Gasteiger partial charge in [-0.3, -0.25) is 0 Å². The van der Waals surface area contributed by atoms with Gasteiger partial charge < -0.3 is 10.1 Å². The van der Waals surface area contributed by atoms with Crippen LogP contribution in [0.5, 0.6) is 5.75 Å². The Morgan fingerprint density at radius 3 is 3.11 bits per heavy atom. The van der Waals surface area contributed by atoms with Crippen LogP contribution in [0.15, 0.2) is 24.4 Å². The summed E-state index contributed by atoms with van der Waals surface area (Å²) in [5.41, 5.74) is 2.62. The van der Waals surface area contributed by atoms with Gasteiger partial charge >= 0.3 is 0 Å². The Hall–Kier alpha value is -1.39. The van der Waals surface area contributed by atoms with E-state index >= 15 is 0 Å². The van der Waals surface area contributed by atoms with Crippen LogP contribution in [0.4, 0.5) is 0 Å². The van der Waals surface area contributed by atoms with Crippen LogP contribution in [0.25, 0.3) is 0 Å². The number of fused-ring (bicyclic) bond motifs is 1. The van der Waals surface area contributed by atoms with E-state index in [1.807, 2.05) is 13.1 Å². The molecule has 1 aliphatic heterocycles. The standard InChI is InChI=1S/C15H18N2OS/c1-3-16-15(14-9-17-10(2)19-14)12-4-5-13-11(8-12)6-7-18-13/h4-5,8-9,15-16H,3,6-7H2,1-2H3. The molecule has 4 heteroatoms. The van der Waals surface area contributed by atoms with Gasteiger partial charge in [0.05, 0.1) is 17.7 Å². The van der Waals surface area contributed by atoms with Gasteiger partial charge in [0.1, 0.15) is 5.75 Å². The second-order valence-electron chi connectivity index (χ2n) is 4.74. The molecule has 0 amide bonds. The zero-order valence-electron chi connectivity index (χ0n) is 11.3.